The molecule has 1 aliphatic heterocycles. The number of hydrogen-bond acceptors (Lipinski definition) is 3. The van der Waals surface area contributed by atoms with Gasteiger partial charge >= 0.3 is 0 Å². The summed E-state index contributed by atoms with van der Waals surface area (Å²) in [5, 5.41) is 3.43. The van der Waals surface area contributed by atoms with Gasteiger partial charge in [0.2, 0.25) is 0 Å². The van der Waals surface area contributed by atoms with E-state index in [0.29, 0.717) is 6.61 Å². The van der Waals surface area contributed by atoms with Crippen molar-refractivity contribution in [3.63, 3.8) is 0 Å². The highest BCUT2D eigenvalue weighted by atomic mass is 79.9. The third kappa shape index (κ3) is 3.57. The average molecular weight is 348 g/mol. The molecule has 0 radical (unpaired) electrons. The van der Waals surface area contributed by atoms with Crippen LogP contribution in [0.4, 0.5) is 0 Å². The molecule has 0 fully saturated rings. The number of para-hydroxylation sites is 2. The average Bonchev–Trinajstić information content (AvgIpc) is 2.49. The molecule has 1 unspecified atom stereocenters. The first-order chi connectivity index (χ1) is 10.2. The Hall–Kier alpha value is -1.52. The van der Waals surface area contributed by atoms with E-state index >= 15 is 0 Å². The molecule has 21 heavy (non-hydrogen) atoms. The Kier molecular flexibility index (Phi) is 4.46. The molecule has 0 aromatic heterocycles. The van der Waals surface area contributed by atoms with E-state index in [2.05, 4.69) is 46.4 Å². The van der Waals surface area contributed by atoms with E-state index < -0.39 is 0 Å². The van der Waals surface area contributed by atoms with Crippen molar-refractivity contribution in [1.82, 2.24) is 5.32 Å². The van der Waals surface area contributed by atoms with E-state index in [4.69, 9.17) is 9.47 Å². The van der Waals surface area contributed by atoms with E-state index in [-0.39, 0.29) is 6.10 Å². The summed E-state index contributed by atoms with van der Waals surface area (Å²) in [5.74, 6) is 1.65. The van der Waals surface area contributed by atoms with Crippen LogP contribution in [0.2, 0.25) is 0 Å². The zero-order valence-electron chi connectivity index (χ0n) is 11.9. The van der Waals surface area contributed by atoms with Crippen LogP contribution in [0.25, 0.3) is 0 Å². The summed E-state index contributed by atoms with van der Waals surface area (Å²) in [6.07, 6.45) is 0.0455. The number of nitrogens with one attached hydrogen (secondary N) is 1. The topological polar surface area (TPSA) is 30.5 Å². The van der Waals surface area contributed by atoms with Gasteiger partial charge in [-0.05, 0) is 36.2 Å². The van der Waals surface area contributed by atoms with Crippen molar-refractivity contribution in [2.45, 2.75) is 19.6 Å². The Morgan fingerprint density at radius 2 is 2.00 bits per heavy atom. The van der Waals surface area contributed by atoms with E-state index in [1.165, 1.54) is 11.1 Å². The smallest absolute Gasteiger partial charge is 0.161 e. The second kappa shape index (κ2) is 6.50. The standard InChI is InChI=1S/C17H18BrNO2/c1-12-6-7-13(15(18)8-12)9-19-10-14-11-20-16-4-2-3-5-17(16)21-14/h2-8,14,19H,9-11H2,1H3. The number of halogens is 1. The van der Waals surface area contributed by atoms with Gasteiger partial charge in [-0.1, -0.05) is 40.2 Å². The van der Waals surface area contributed by atoms with Gasteiger partial charge in [0.1, 0.15) is 12.7 Å². The molecule has 0 amide bonds. The van der Waals surface area contributed by atoms with Gasteiger partial charge in [0.15, 0.2) is 11.5 Å². The highest BCUT2D eigenvalue weighted by molar-refractivity contribution is 9.10. The van der Waals surface area contributed by atoms with Crippen LogP contribution in [0.5, 0.6) is 11.5 Å². The normalized spacial score (nSPS) is 16.8. The van der Waals surface area contributed by atoms with Crippen molar-refractivity contribution < 1.29 is 9.47 Å². The van der Waals surface area contributed by atoms with Crippen molar-refractivity contribution >= 4 is 15.9 Å². The van der Waals surface area contributed by atoms with E-state index in [1.54, 1.807) is 0 Å². The molecule has 1 N–H and O–H groups in total. The number of fused-ring (bicyclic) bond motifs is 1. The maximum atomic E-state index is 5.92. The highest BCUT2D eigenvalue weighted by Gasteiger charge is 2.19. The SMILES string of the molecule is Cc1ccc(CNCC2COc3ccccc3O2)c(Br)c1. The van der Waals surface area contributed by atoms with E-state index in [0.717, 1.165) is 29.1 Å². The molecule has 2 aromatic rings. The van der Waals surface area contributed by atoms with Crippen molar-refractivity contribution in [2.24, 2.45) is 0 Å². The summed E-state index contributed by atoms with van der Waals surface area (Å²) in [4.78, 5) is 0. The van der Waals surface area contributed by atoms with Crippen molar-refractivity contribution in [3.05, 3.63) is 58.1 Å². The van der Waals surface area contributed by atoms with Crippen LogP contribution < -0.4 is 14.8 Å². The molecule has 0 spiro atoms. The molecule has 110 valence electrons. The molecule has 1 aliphatic rings. The number of rotatable bonds is 4. The zero-order valence-corrected chi connectivity index (χ0v) is 13.5. The van der Waals surface area contributed by atoms with Crippen molar-refractivity contribution in [2.75, 3.05) is 13.2 Å². The predicted molar refractivity (Wildman–Crippen MR) is 86.9 cm³/mol. The molecule has 0 saturated heterocycles. The van der Waals surface area contributed by atoms with Gasteiger partial charge in [0.25, 0.3) is 0 Å². The lowest BCUT2D eigenvalue weighted by molar-refractivity contribution is 0.0902. The Morgan fingerprint density at radius 3 is 2.81 bits per heavy atom. The third-order valence-corrected chi connectivity index (χ3v) is 4.20. The molecule has 3 nitrogen and oxygen atoms in total. The molecule has 0 saturated carbocycles. The largest absolute Gasteiger partial charge is 0.486 e. The summed E-state index contributed by atoms with van der Waals surface area (Å²) in [7, 11) is 0. The Morgan fingerprint density at radius 1 is 1.19 bits per heavy atom. The van der Waals surface area contributed by atoms with Crippen molar-refractivity contribution in [3.8, 4) is 11.5 Å². The van der Waals surface area contributed by atoms with Crippen LogP contribution in [-0.4, -0.2) is 19.3 Å². The fraction of sp³-hybridized carbons (Fsp3) is 0.294. The van der Waals surface area contributed by atoms with Gasteiger partial charge in [-0.2, -0.15) is 0 Å². The summed E-state index contributed by atoms with van der Waals surface area (Å²) in [5.41, 5.74) is 2.50. The number of hydrogen-bond donors (Lipinski definition) is 1. The second-order valence-corrected chi connectivity index (χ2v) is 6.08. The summed E-state index contributed by atoms with van der Waals surface area (Å²) >= 11 is 3.60. The van der Waals surface area contributed by atoms with Gasteiger partial charge in [0.05, 0.1) is 0 Å². The van der Waals surface area contributed by atoms with Gasteiger partial charge < -0.3 is 14.8 Å². The lowest BCUT2D eigenvalue weighted by Crippen LogP contribution is -2.38. The number of aryl methyl sites for hydroxylation is 1. The molecule has 1 atom stereocenters. The van der Waals surface area contributed by atoms with Crippen LogP contribution in [-0.2, 0) is 6.54 Å². The minimum atomic E-state index is 0.0455. The van der Waals surface area contributed by atoms with Crippen LogP contribution in [0.15, 0.2) is 46.9 Å². The molecule has 1 heterocycles. The van der Waals surface area contributed by atoms with Crippen LogP contribution in [0, 0.1) is 6.92 Å². The molecule has 0 aliphatic carbocycles. The molecular formula is C17H18BrNO2. The summed E-state index contributed by atoms with van der Waals surface area (Å²) in [6.45, 7) is 4.24. The van der Waals surface area contributed by atoms with Gasteiger partial charge in [-0.25, -0.2) is 0 Å². The molecule has 2 aromatic carbocycles. The Labute approximate surface area is 133 Å². The minimum absolute atomic E-state index is 0.0455. The van der Waals surface area contributed by atoms with E-state index in [1.807, 2.05) is 24.3 Å². The fourth-order valence-corrected chi connectivity index (χ4v) is 2.96. The maximum absolute atomic E-state index is 5.92. The van der Waals surface area contributed by atoms with Crippen LogP contribution in [0.3, 0.4) is 0 Å². The third-order valence-electron chi connectivity index (χ3n) is 3.46. The molecule has 4 heteroatoms. The quantitative estimate of drug-likeness (QED) is 0.914. The van der Waals surface area contributed by atoms with Gasteiger partial charge in [0, 0.05) is 17.6 Å². The van der Waals surface area contributed by atoms with E-state index in [9.17, 15) is 0 Å². The number of ether oxygens (including phenoxy) is 2. The number of benzene rings is 2. The molecule has 3 rings (SSSR count). The fourth-order valence-electron chi connectivity index (χ4n) is 2.33. The van der Waals surface area contributed by atoms with Gasteiger partial charge in [-0.3, -0.25) is 0 Å². The Balaban J connectivity index is 1.52. The summed E-state index contributed by atoms with van der Waals surface area (Å²) < 4.78 is 12.8. The monoisotopic (exact) mass is 347 g/mol. The predicted octanol–water partition coefficient (Wildman–Crippen LogP) is 3.69. The first kappa shape index (κ1) is 14.4. The maximum Gasteiger partial charge on any atom is 0.161 e. The van der Waals surface area contributed by atoms with Gasteiger partial charge in [-0.15, -0.1) is 0 Å². The van der Waals surface area contributed by atoms with Crippen molar-refractivity contribution in [1.29, 1.82) is 0 Å². The molecular weight excluding hydrogens is 330 g/mol. The van der Waals surface area contributed by atoms with Crippen LogP contribution >= 0.6 is 15.9 Å². The van der Waals surface area contributed by atoms with Crippen LogP contribution in [0.1, 0.15) is 11.1 Å². The lowest BCUT2D eigenvalue weighted by Gasteiger charge is -2.26. The summed E-state index contributed by atoms with van der Waals surface area (Å²) in [6, 6.07) is 14.2. The second-order valence-electron chi connectivity index (χ2n) is 5.22. The highest BCUT2D eigenvalue weighted by Crippen LogP contribution is 2.30. The molecule has 0 bridgehead atoms. The first-order valence-corrected chi connectivity index (χ1v) is 7.86. The Bertz CT molecular complexity index is 630. The lowest BCUT2D eigenvalue weighted by atomic mass is 10.1. The zero-order chi connectivity index (χ0) is 14.7. The first-order valence-electron chi connectivity index (χ1n) is 7.06. The minimum Gasteiger partial charge on any atom is -0.486 e.